The summed E-state index contributed by atoms with van der Waals surface area (Å²) in [5.41, 5.74) is 1.98. The Labute approximate surface area is 157 Å². The van der Waals surface area contributed by atoms with E-state index in [0.29, 0.717) is 5.92 Å². The topological polar surface area (TPSA) is 46.6 Å². The molecule has 0 unspecified atom stereocenters. The van der Waals surface area contributed by atoms with Gasteiger partial charge in [0.25, 0.3) is 5.91 Å². The molecule has 0 aromatic heterocycles. The highest BCUT2D eigenvalue weighted by atomic mass is 32.2. The third kappa shape index (κ3) is 3.36. The van der Waals surface area contributed by atoms with Crippen LogP contribution in [0.4, 0.5) is 5.69 Å². The van der Waals surface area contributed by atoms with Crippen molar-refractivity contribution in [1.29, 1.82) is 0 Å². The lowest BCUT2D eigenvalue weighted by Gasteiger charge is -2.37. The average molecular weight is 367 g/mol. The molecular formula is C21H21NO3S. The van der Waals surface area contributed by atoms with Gasteiger partial charge in [0.15, 0.2) is 6.61 Å². The van der Waals surface area contributed by atoms with Crippen molar-refractivity contribution in [2.24, 2.45) is 11.8 Å². The second-order valence-electron chi connectivity index (χ2n) is 6.90. The van der Waals surface area contributed by atoms with Crippen molar-refractivity contribution in [3.05, 3.63) is 60.2 Å². The van der Waals surface area contributed by atoms with Gasteiger partial charge in [-0.3, -0.25) is 14.5 Å². The third-order valence-electron chi connectivity index (χ3n) is 5.04. The molecule has 1 aliphatic carbocycles. The van der Waals surface area contributed by atoms with E-state index in [1.807, 2.05) is 61.5 Å². The molecule has 0 radical (unpaired) electrons. The van der Waals surface area contributed by atoms with Crippen LogP contribution in [0.2, 0.25) is 0 Å². The molecule has 4 nitrogen and oxygen atoms in total. The number of anilines is 1. The Morgan fingerprint density at radius 2 is 1.81 bits per heavy atom. The van der Waals surface area contributed by atoms with Gasteiger partial charge in [-0.25, -0.2) is 0 Å². The van der Waals surface area contributed by atoms with E-state index in [1.165, 1.54) is 0 Å². The molecule has 0 N–H and O–H groups in total. The molecule has 1 heterocycles. The summed E-state index contributed by atoms with van der Waals surface area (Å²) in [7, 11) is 0. The molecule has 4 rings (SSSR count). The molecule has 134 valence electrons. The summed E-state index contributed by atoms with van der Waals surface area (Å²) >= 11 is 1.75. The van der Waals surface area contributed by atoms with Crippen molar-refractivity contribution >= 4 is 29.3 Å². The summed E-state index contributed by atoms with van der Waals surface area (Å²) in [6, 6.07) is 17.8. The molecule has 2 aliphatic rings. The Bertz CT molecular complexity index is 823. The van der Waals surface area contributed by atoms with E-state index >= 15 is 0 Å². The standard InChI is InChI=1S/C21H21NO3S/c1-14-11-16(14)21(24)25-12-20(23)22-17-9-5-6-10-19(17)26-13-18(22)15-7-3-2-4-8-15/h2-10,14,16,18H,11-13H2,1H3/t14-,16-,18-/m1/s1. The average Bonchev–Trinajstić information content (AvgIpc) is 3.42. The van der Waals surface area contributed by atoms with Gasteiger partial charge in [-0.05, 0) is 30.0 Å². The number of hydrogen-bond acceptors (Lipinski definition) is 4. The normalized spacial score (nSPS) is 23.9. The van der Waals surface area contributed by atoms with Crippen LogP contribution < -0.4 is 4.90 Å². The number of benzene rings is 2. The summed E-state index contributed by atoms with van der Waals surface area (Å²) in [6.45, 7) is 1.82. The minimum atomic E-state index is -0.248. The monoisotopic (exact) mass is 367 g/mol. The van der Waals surface area contributed by atoms with Crippen molar-refractivity contribution in [3.63, 3.8) is 0 Å². The molecule has 0 spiro atoms. The second kappa shape index (κ2) is 7.16. The summed E-state index contributed by atoms with van der Waals surface area (Å²) in [4.78, 5) is 27.9. The van der Waals surface area contributed by atoms with Gasteiger partial charge in [0.05, 0.1) is 17.6 Å². The Hall–Kier alpha value is -2.27. The van der Waals surface area contributed by atoms with Gasteiger partial charge >= 0.3 is 5.97 Å². The van der Waals surface area contributed by atoms with Crippen LogP contribution in [0, 0.1) is 11.8 Å². The van der Waals surface area contributed by atoms with Crippen LogP contribution in [0.5, 0.6) is 0 Å². The lowest BCUT2D eigenvalue weighted by molar-refractivity contribution is -0.149. The van der Waals surface area contributed by atoms with Crippen LogP contribution in [0.1, 0.15) is 24.9 Å². The number of hydrogen-bond donors (Lipinski definition) is 0. The number of carbonyl (C=O) groups excluding carboxylic acids is 2. The van der Waals surface area contributed by atoms with E-state index in [-0.39, 0.29) is 30.4 Å². The fourth-order valence-corrected chi connectivity index (χ4v) is 4.55. The first-order valence-electron chi connectivity index (χ1n) is 8.90. The van der Waals surface area contributed by atoms with Crippen LogP contribution in [-0.4, -0.2) is 24.2 Å². The number of thioether (sulfide) groups is 1. The minimum absolute atomic E-state index is 0.0306. The molecule has 1 amide bonds. The Morgan fingerprint density at radius 3 is 2.54 bits per heavy atom. The van der Waals surface area contributed by atoms with Gasteiger partial charge in [-0.15, -0.1) is 11.8 Å². The molecule has 1 fully saturated rings. The van der Waals surface area contributed by atoms with E-state index < -0.39 is 0 Å². The van der Waals surface area contributed by atoms with Crippen molar-refractivity contribution in [2.45, 2.75) is 24.3 Å². The molecule has 26 heavy (non-hydrogen) atoms. The zero-order chi connectivity index (χ0) is 18.1. The Balaban J connectivity index is 1.58. The smallest absolute Gasteiger partial charge is 0.309 e. The van der Waals surface area contributed by atoms with Gasteiger partial charge in [0, 0.05) is 10.6 Å². The maximum absolute atomic E-state index is 13.0. The maximum atomic E-state index is 13.0. The van der Waals surface area contributed by atoms with Crippen LogP contribution in [0.3, 0.4) is 0 Å². The Morgan fingerprint density at radius 1 is 1.12 bits per heavy atom. The van der Waals surface area contributed by atoms with Crippen molar-refractivity contribution in [1.82, 2.24) is 0 Å². The number of carbonyl (C=O) groups is 2. The van der Waals surface area contributed by atoms with Crippen LogP contribution in [-0.2, 0) is 14.3 Å². The SMILES string of the molecule is C[C@@H]1C[C@H]1C(=O)OCC(=O)N1c2ccccc2SC[C@@H]1c1ccccc1. The number of ether oxygens (including phenoxy) is 1. The van der Waals surface area contributed by atoms with Crippen molar-refractivity contribution in [2.75, 3.05) is 17.3 Å². The van der Waals surface area contributed by atoms with Crippen LogP contribution in [0.25, 0.3) is 0 Å². The van der Waals surface area contributed by atoms with Crippen LogP contribution >= 0.6 is 11.8 Å². The lowest BCUT2D eigenvalue weighted by atomic mass is 10.1. The molecular weight excluding hydrogens is 346 g/mol. The van der Waals surface area contributed by atoms with Gasteiger partial charge in [-0.2, -0.15) is 0 Å². The number of nitrogens with zero attached hydrogens (tertiary/aromatic N) is 1. The zero-order valence-electron chi connectivity index (χ0n) is 14.6. The molecule has 2 aromatic carbocycles. The van der Waals surface area contributed by atoms with E-state index in [2.05, 4.69) is 0 Å². The highest BCUT2D eigenvalue weighted by molar-refractivity contribution is 7.99. The molecule has 5 heteroatoms. The summed E-state index contributed by atoms with van der Waals surface area (Å²) in [5.74, 6) is 0.703. The largest absolute Gasteiger partial charge is 0.455 e. The molecule has 3 atom stereocenters. The zero-order valence-corrected chi connectivity index (χ0v) is 15.4. The first-order chi connectivity index (χ1) is 12.6. The molecule has 2 aromatic rings. The second-order valence-corrected chi connectivity index (χ2v) is 7.96. The minimum Gasteiger partial charge on any atom is -0.455 e. The number of para-hydroxylation sites is 1. The first kappa shape index (κ1) is 17.2. The van der Waals surface area contributed by atoms with Gasteiger partial charge in [0.1, 0.15) is 0 Å². The summed E-state index contributed by atoms with van der Waals surface area (Å²) in [5, 5.41) is 0. The number of amides is 1. The summed E-state index contributed by atoms with van der Waals surface area (Å²) in [6.07, 6.45) is 0.864. The van der Waals surface area contributed by atoms with E-state index in [1.54, 1.807) is 16.7 Å². The van der Waals surface area contributed by atoms with Gasteiger partial charge < -0.3 is 4.74 Å². The van der Waals surface area contributed by atoms with Gasteiger partial charge in [0.2, 0.25) is 0 Å². The highest BCUT2D eigenvalue weighted by Gasteiger charge is 2.41. The molecule has 0 bridgehead atoms. The molecule has 1 aliphatic heterocycles. The maximum Gasteiger partial charge on any atom is 0.309 e. The first-order valence-corrected chi connectivity index (χ1v) is 9.89. The predicted molar refractivity (Wildman–Crippen MR) is 102 cm³/mol. The lowest BCUT2D eigenvalue weighted by Crippen LogP contribution is -2.41. The van der Waals surface area contributed by atoms with Gasteiger partial charge in [-0.1, -0.05) is 49.4 Å². The summed E-state index contributed by atoms with van der Waals surface area (Å²) < 4.78 is 5.31. The van der Waals surface area contributed by atoms with E-state index in [4.69, 9.17) is 4.74 Å². The molecule has 1 saturated carbocycles. The molecule has 0 saturated heterocycles. The van der Waals surface area contributed by atoms with E-state index in [0.717, 1.165) is 28.3 Å². The Kier molecular flexibility index (Phi) is 4.72. The van der Waals surface area contributed by atoms with Crippen molar-refractivity contribution in [3.8, 4) is 0 Å². The van der Waals surface area contributed by atoms with E-state index in [9.17, 15) is 9.59 Å². The number of esters is 1. The fourth-order valence-electron chi connectivity index (χ4n) is 3.38. The third-order valence-corrected chi connectivity index (χ3v) is 6.17. The number of rotatable bonds is 4. The highest BCUT2D eigenvalue weighted by Crippen LogP contribution is 2.43. The van der Waals surface area contributed by atoms with Crippen molar-refractivity contribution < 1.29 is 14.3 Å². The number of fused-ring (bicyclic) bond motifs is 1. The fraction of sp³-hybridized carbons (Fsp3) is 0.333. The van der Waals surface area contributed by atoms with Crippen LogP contribution in [0.15, 0.2) is 59.5 Å². The predicted octanol–water partition coefficient (Wildman–Crippen LogP) is 4.07. The quantitative estimate of drug-likeness (QED) is 0.765.